The highest BCUT2D eigenvalue weighted by Crippen LogP contribution is 2.11. The first-order chi connectivity index (χ1) is 6.74. The quantitative estimate of drug-likeness (QED) is 0.742. The lowest BCUT2D eigenvalue weighted by atomic mass is 9.97. The minimum atomic E-state index is 0.137. The summed E-state index contributed by atoms with van der Waals surface area (Å²) in [5.74, 6) is 0.574. The number of hydrogen-bond acceptors (Lipinski definition) is 3. The molecule has 80 valence electrons. The Morgan fingerprint density at radius 1 is 1.43 bits per heavy atom. The molecule has 0 amide bonds. The van der Waals surface area contributed by atoms with E-state index in [-0.39, 0.29) is 5.92 Å². The van der Waals surface area contributed by atoms with E-state index in [1.807, 2.05) is 0 Å². The van der Waals surface area contributed by atoms with Gasteiger partial charge in [0.2, 0.25) is 0 Å². The third-order valence-electron chi connectivity index (χ3n) is 2.82. The lowest BCUT2D eigenvalue weighted by Crippen LogP contribution is -2.38. The Morgan fingerprint density at radius 2 is 2.07 bits per heavy atom. The van der Waals surface area contributed by atoms with Crippen molar-refractivity contribution in [3.05, 3.63) is 0 Å². The largest absolute Gasteiger partial charge is 0.381 e. The van der Waals surface area contributed by atoms with Crippen LogP contribution < -0.4 is 5.32 Å². The minimum Gasteiger partial charge on any atom is -0.381 e. The molecule has 0 aromatic rings. The van der Waals surface area contributed by atoms with Gasteiger partial charge in [0.15, 0.2) is 0 Å². The molecule has 1 aliphatic rings. The standard InChI is InChI=1S/C11H20N2O/c1-9(2)10(7-12)8-13-11-3-5-14-6-4-11/h9-11,13H,3-6,8H2,1-2H3. The van der Waals surface area contributed by atoms with Crippen LogP contribution in [0.15, 0.2) is 0 Å². The Labute approximate surface area is 86.4 Å². The molecule has 0 aliphatic carbocycles. The molecule has 1 saturated heterocycles. The van der Waals surface area contributed by atoms with Crippen LogP contribution in [0.3, 0.4) is 0 Å². The summed E-state index contributed by atoms with van der Waals surface area (Å²) in [6, 6.07) is 2.90. The maximum absolute atomic E-state index is 8.91. The first kappa shape index (κ1) is 11.5. The lowest BCUT2D eigenvalue weighted by Gasteiger charge is -2.25. The van der Waals surface area contributed by atoms with E-state index in [9.17, 15) is 0 Å². The fraction of sp³-hybridized carbons (Fsp3) is 0.909. The van der Waals surface area contributed by atoms with E-state index in [0.717, 1.165) is 32.6 Å². The Morgan fingerprint density at radius 3 is 2.57 bits per heavy atom. The highest BCUT2D eigenvalue weighted by atomic mass is 16.5. The van der Waals surface area contributed by atoms with Crippen LogP contribution in [-0.2, 0) is 4.74 Å². The van der Waals surface area contributed by atoms with Crippen molar-refractivity contribution >= 4 is 0 Å². The number of rotatable bonds is 4. The van der Waals surface area contributed by atoms with Gasteiger partial charge in [-0.05, 0) is 18.8 Å². The van der Waals surface area contributed by atoms with Gasteiger partial charge in [0.1, 0.15) is 0 Å². The van der Waals surface area contributed by atoms with Crippen molar-refractivity contribution in [3.63, 3.8) is 0 Å². The minimum absolute atomic E-state index is 0.137. The van der Waals surface area contributed by atoms with Crippen LogP contribution in [0.5, 0.6) is 0 Å². The van der Waals surface area contributed by atoms with Gasteiger partial charge in [-0.3, -0.25) is 0 Å². The fourth-order valence-corrected chi connectivity index (χ4v) is 1.63. The van der Waals surface area contributed by atoms with Crippen LogP contribution in [-0.4, -0.2) is 25.8 Å². The molecule has 0 spiro atoms. The van der Waals surface area contributed by atoms with Crippen LogP contribution in [0.25, 0.3) is 0 Å². The molecule has 0 aromatic carbocycles. The van der Waals surface area contributed by atoms with Gasteiger partial charge in [-0.2, -0.15) is 5.26 Å². The van der Waals surface area contributed by atoms with Gasteiger partial charge < -0.3 is 10.1 Å². The van der Waals surface area contributed by atoms with E-state index < -0.39 is 0 Å². The average molecular weight is 196 g/mol. The third kappa shape index (κ3) is 3.65. The summed E-state index contributed by atoms with van der Waals surface area (Å²) < 4.78 is 5.28. The SMILES string of the molecule is CC(C)C(C#N)CNC1CCOCC1. The molecule has 0 bridgehead atoms. The van der Waals surface area contributed by atoms with E-state index in [0.29, 0.717) is 12.0 Å². The predicted molar refractivity (Wildman–Crippen MR) is 55.8 cm³/mol. The molecular weight excluding hydrogens is 176 g/mol. The molecule has 1 atom stereocenters. The number of ether oxygens (including phenoxy) is 1. The molecular formula is C11H20N2O. The zero-order chi connectivity index (χ0) is 10.4. The van der Waals surface area contributed by atoms with Crippen LogP contribution in [0.4, 0.5) is 0 Å². The summed E-state index contributed by atoms with van der Waals surface area (Å²) in [6.07, 6.45) is 2.16. The molecule has 1 N–H and O–H groups in total. The number of nitrogens with one attached hydrogen (secondary N) is 1. The molecule has 1 unspecified atom stereocenters. The maximum atomic E-state index is 8.91. The second-order valence-electron chi connectivity index (χ2n) is 4.27. The van der Waals surface area contributed by atoms with E-state index in [1.54, 1.807) is 0 Å². The van der Waals surface area contributed by atoms with Gasteiger partial charge in [0.05, 0.1) is 12.0 Å². The second-order valence-corrected chi connectivity index (χ2v) is 4.27. The normalized spacial score (nSPS) is 20.7. The van der Waals surface area contributed by atoms with E-state index in [1.165, 1.54) is 0 Å². The highest BCUT2D eigenvalue weighted by Gasteiger charge is 2.17. The molecule has 1 fully saturated rings. The van der Waals surface area contributed by atoms with Crippen molar-refractivity contribution in [1.29, 1.82) is 5.26 Å². The summed E-state index contributed by atoms with van der Waals surface area (Å²) in [4.78, 5) is 0. The first-order valence-corrected chi connectivity index (χ1v) is 5.44. The molecule has 0 saturated carbocycles. The van der Waals surface area contributed by atoms with Gasteiger partial charge >= 0.3 is 0 Å². The Bertz CT molecular complexity index is 192. The summed E-state index contributed by atoms with van der Waals surface area (Å²) in [5.41, 5.74) is 0. The van der Waals surface area contributed by atoms with Crippen LogP contribution in [0.1, 0.15) is 26.7 Å². The van der Waals surface area contributed by atoms with Crippen molar-refractivity contribution in [2.75, 3.05) is 19.8 Å². The zero-order valence-corrected chi connectivity index (χ0v) is 9.12. The Kier molecular flexibility index (Phi) is 4.92. The molecule has 14 heavy (non-hydrogen) atoms. The second kappa shape index (κ2) is 6.00. The van der Waals surface area contributed by atoms with Crippen molar-refractivity contribution in [2.45, 2.75) is 32.7 Å². The monoisotopic (exact) mass is 196 g/mol. The molecule has 0 aromatic heterocycles. The lowest BCUT2D eigenvalue weighted by molar-refractivity contribution is 0.0770. The van der Waals surface area contributed by atoms with E-state index in [4.69, 9.17) is 10.00 Å². The van der Waals surface area contributed by atoms with E-state index >= 15 is 0 Å². The predicted octanol–water partition coefficient (Wildman–Crippen LogP) is 1.55. The zero-order valence-electron chi connectivity index (χ0n) is 9.12. The van der Waals surface area contributed by atoms with Gasteiger partial charge in [-0.25, -0.2) is 0 Å². The number of nitriles is 1. The smallest absolute Gasteiger partial charge is 0.0671 e. The van der Waals surface area contributed by atoms with Crippen LogP contribution in [0, 0.1) is 23.2 Å². The molecule has 3 heteroatoms. The Balaban J connectivity index is 2.21. The first-order valence-electron chi connectivity index (χ1n) is 5.44. The van der Waals surface area contributed by atoms with Gasteiger partial charge in [-0.15, -0.1) is 0 Å². The van der Waals surface area contributed by atoms with Crippen LogP contribution >= 0.6 is 0 Å². The fourth-order valence-electron chi connectivity index (χ4n) is 1.63. The van der Waals surface area contributed by atoms with Gasteiger partial charge in [-0.1, -0.05) is 13.8 Å². The van der Waals surface area contributed by atoms with Crippen molar-refractivity contribution in [1.82, 2.24) is 5.32 Å². The molecule has 0 radical (unpaired) electrons. The maximum Gasteiger partial charge on any atom is 0.0671 e. The summed E-state index contributed by atoms with van der Waals surface area (Å²) in [6.45, 7) is 6.73. The summed E-state index contributed by atoms with van der Waals surface area (Å²) in [5, 5.41) is 12.4. The van der Waals surface area contributed by atoms with Gasteiger partial charge in [0, 0.05) is 25.8 Å². The summed E-state index contributed by atoms with van der Waals surface area (Å²) in [7, 11) is 0. The molecule has 3 nitrogen and oxygen atoms in total. The summed E-state index contributed by atoms with van der Waals surface area (Å²) >= 11 is 0. The van der Waals surface area contributed by atoms with E-state index in [2.05, 4.69) is 25.2 Å². The van der Waals surface area contributed by atoms with Gasteiger partial charge in [0.25, 0.3) is 0 Å². The highest BCUT2D eigenvalue weighted by molar-refractivity contribution is 4.87. The van der Waals surface area contributed by atoms with Crippen molar-refractivity contribution in [2.24, 2.45) is 11.8 Å². The molecule has 1 heterocycles. The van der Waals surface area contributed by atoms with Crippen LogP contribution in [0.2, 0.25) is 0 Å². The number of nitrogens with zero attached hydrogens (tertiary/aromatic N) is 1. The molecule has 1 rings (SSSR count). The van der Waals surface area contributed by atoms with Crippen molar-refractivity contribution in [3.8, 4) is 6.07 Å². The molecule has 1 aliphatic heterocycles. The number of hydrogen-bond donors (Lipinski definition) is 1. The topological polar surface area (TPSA) is 45.0 Å². The average Bonchev–Trinajstić information content (AvgIpc) is 2.20. The Hall–Kier alpha value is -0.590. The van der Waals surface area contributed by atoms with Crippen molar-refractivity contribution < 1.29 is 4.74 Å². The third-order valence-corrected chi connectivity index (χ3v) is 2.82.